The Bertz CT molecular complexity index is 317. The van der Waals surface area contributed by atoms with Crippen LogP contribution in [0.4, 0.5) is 0 Å². The average Bonchev–Trinajstić information content (AvgIpc) is 2.34. The monoisotopic (exact) mass is 238 g/mol. The fourth-order valence-electron chi connectivity index (χ4n) is 2.38. The van der Waals surface area contributed by atoms with Gasteiger partial charge in [-0.05, 0) is 24.1 Å². The Kier molecular flexibility index (Phi) is 4.22. The van der Waals surface area contributed by atoms with E-state index in [1.807, 2.05) is 12.1 Å². The lowest BCUT2D eigenvalue weighted by Gasteiger charge is -2.34. The quantitative estimate of drug-likeness (QED) is 0.871. The van der Waals surface area contributed by atoms with Crippen LogP contribution in [0.25, 0.3) is 0 Å². The molecule has 1 aliphatic heterocycles. The zero-order valence-electron chi connectivity index (χ0n) is 9.75. The molecular formula is C13H19ClN2. The minimum Gasteiger partial charge on any atom is -0.314 e. The summed E-state index contributed by atoms with van der Waals surface area (Å²) in [4.78, 5) is 2.56. The van der Waals surface area contributed by atoms with Gasteiger partial charge in [-0.25, -0.2) is 0 Å². The van der Waals surface area contributed by atoms with E-state index in [2.05, 4.69) is 29.3 Å². The molecule has 0 radical (unpaired) electrons. The van der Waals surface area contributed by atoms with Crippen molar-refractivity contribution in [1.29, 1.82) is 0 Å². The van der Waals surface area contributed by atoms with E-state index in [9.17, 15) is 0 Å². The molecule has 0 aromatic heterocycles. The third kappa shape index (κ3) is 2.76. The molecule has 1 fully saturated rings. The summed E-state index contributed by atoms with van der Waals surface area (Å²) in [6, 6.07) is 8.82. The van der Waals surface area contributed by atoms with E-state index in [4.69, 9.17) is 11.6 Å². The smallest absolute Gasteiger partial charge is 0.0406 e. The van der Waals surface area contributed by atoms with E-state index < -0.39 is 0 Å². The van der Waals surface area contributed by atoms with Crippen molar-refractivity contribution in [3.63, 3.8) is 0 Å². The van der Waals surface area contributed by atoms with Crippen LogP contribution in [0.1, 0.15) is 24.9 Å². The number of hydrogen-bond donors (Lipinski definition) is 1. The Hall–Kier alpha value is -0.570. The minimum atomic E-state index is 0.541. The molecule has 0 aliphatic carbocycles. The molecule has 1 saturated heterocycles. The van der Waals surface area contributed by atoms with Gasteiger partial charge in [0.25, 0.3) is 0 Å². The molecule has 1 atom stereocenters. The predicted molar refractivity (Wildman–Crippen MR) is 68.9 cm³/mol. The molecule has 1 aliphatic rings. The van der Waals surface area contributed by atoms with Crippen molar-refractivity contribution in [3.8, 4) is 0 Å². The highest BCUT2D eigenvalue weighted by molar-refractivity contribution is 6.30. The number of rotatable bonds is 3. The van der Waals surface area contributed by atoms with E-state index in [-0.39, 0.29) is 0 Å². The van der Waals surface area contributed by atoms with Gasteiger partial charge >= 0.3 is 0 Å². The van der Waals surface area contributed by atoms with E-state index in [1.54, 1.807) is 0 Å². The minimum absolute atomic E-state index is 0.541. The summed E-state index contributed by atoms with van der Waals surface area (Å²) in [5.74, 6) is 0. The lowest BCUT2D eigenvalue weighted by Crippen LogP contribution is -2.45. The lowest BCUT2D eigenvalue weighted by atomic mass is 10.0. The highest BCUT2D eigenvalue weighted by Gasteiger charge is 2.20. The van der Waals surface area contributed by atoms with Crippen LogP contribution in [0.15, 0.2) is 24.3 Å². The molecule has 1 unspecified atom stereocenters. The number of nitrogens with one attached hydrogen (secondary N) is 1. The SMILES string of the molecule is CCC(c1ccc(Cl)cc1)N1CCNCC1. The van der Waals surface area contributed by atoms with E-state index in [0.717, 1.165) is 37.6 Å². The van der Waals surface area contributed by atoms with Crippen LogP contribution in [0, 0.1) is 0 Å². The molecule has 0 saturated carbocycles. The maximum atomic E-state index is 5.92. The van der Waals surface area contributed by atoms with Crippen LogP contribution in [0.2, 0.25) is 5.02 Å². The first-order valence-corrected chi connectivity index (χ1v) is 6.39. The van der Waals surface area contributed by atoms with Crippen molar-refractivity contribution in [2.75, 3.05) is 26.2 Å². The summed E-state index contributed by atoms with van der Waals surface area (Å²) in [7, 11) is 0. The van der Waals surface area contributed by atoms with E-state index >= 15 is 0 Å². The second-order valence-corrected chi connectivity index (χ2v) is 4.70. The third-order valence-corrected chi connectivity index (χ3v) is 3.49. The van der Waals surface area contributed by atoms with Crippen LogP contribution in [0.3, 0.4) is 0 Å². The average molecular weight is 239 g/mol. The number of halogens is 1. The Labute approximate surface area is 103 Å². The number of nitrogens with zero attached hydrogens (tertiary/aromatic N) is 1. The zero-order chi connectivity index (χ0) is 11.4. The van der Waals surface area contributed by atoms with Crippen molar-refractivity contribution in [2.45, 2.75) is 19.4 Å². The van der Waals surface area contributed by atoms with Gasteiger partial charge in [-0.2, -0.15) is 0 Å². The molecule has 2 nitrogen and oxygen atoms in total. The molecule has 0 amide bonds. The molecule has 3 heteroatoms. The summed E-state index contributed by atoms with van der Waals surface area (Å²) in [5.41, 5.74) is 1.38. The van der Waals surface area contributed by atoms with Crippen LogP contribution >= 0.6 is 11.6 Å². The summed E-state index contributed by atoms with van der Waals surface area (Å²) in [6.07, 6.45) is 1.15. The van der Waals surface area contributed by atoms with Crippen LogP contribution in [-0.4, -0.2) is 31.1 Å². The second-order valence-electron chi connectivity index (χ2n) is 4.26. The molecule has 0 spiro atoms. The Morgan fingerprint density at radius 2 is 1.88 bits per heavy atom. The molecule has 2 rings (SSSR count). The largest absolute Gasteiger partial charge is 0.314 e. The predicted octanol–water partition coefficient (Wildman–Crippen LogP) is 2.70. The molecule has 0 bridgehead atoms. The normalized spacial score (nSPS) is 19.6. The van der Waals surface area contributed by atoms with Gasteiger partial charge in [0.1, 0.15) is 0 Å². The van der Waals surface area contributed by atoms with Gasteiger partial charge in [0.15, 0.2) is 0 Å². The van der Waals surface area contributed by atoms with Gasteiger partial charge in [0.2, 0.25) is 0 Å². The van der Waals surface area contributed by atoms with Crippen LogP contribution < -0.4 is 5.32 Å². The van der Waals surface area contributed by atoms with Gasteiger partial charge in [0, 0.05) is 37.2 Å². The molecule has 1 heterocycles. The Morgan fingerprint density at radius 1 is 1.25 bits per heavy atom. The number of benzene rings is 1. The van der Waals surface area contributed by atoms with Gasteiger partial charge < -0.3 is 5.32 Å². The molecule has 1 aromatic rings. The highest BCUT2D eigenvalue weighted by Crippen LogP contribution is 2.25. The molecule has 88 valence electrons. The molecule has 1 aromatic carbocycles. The fourth-order valence-corrected chi connectivity index (χ4v) is 2.51. The van der Waals surface area contributed by atoms with Crippen molar-refractivity contribution >= 4 is 11.6 Å². The van der Waals surface area contributed by atoms with Crippen molar-refractivity contribution in [2.24, 2.45) is 0 Å². The maximum absolute atomic E-state index is 5.92. The molecule has 1 N–H and O–H groups in total. The van der Waals surface area contributed by atoms with Crippen LogP contribution in [0.5, 0.6) is 0 Å². The summed E-state index contributed by atoms with van der Waals surface area (Å²) in [5, 5.41) is 4.21. The maximum Gasteiger partial charge on any atom is 0.0406 e. The van der Waals surface area contributed by atoms with Gasteiger partial charge in [0.05, 0.1) is 0 Å². The standard InChI is InChI=1S/C13H19ClN2/c1-2-13(16-9-7-15-8-10-16)11-3-5-12(14)6-4-11/h3-6,13,15H,2,7-10H2,1H3. The van der Waals surface area contributed by atoms with E-state index in [1.165, 1.54) is 5.56 Å². The van der Waals surface area contributed by atoms with Crippen molar-refractivity contribution in [1.82, 2.24) is 10.2 Å². The summed E-state index contributed by atoms with van der Waals surface area (Å²) in [6.45, 7) is 6.73. The fraction of sp³-hybridized carbons (Fsp3) is 0.538. The molecular weight excluding hydrogens is 220 g/mol. The van der Waals surface area contributed by atoms with Gasteiger partial charge in [-0.15, -0.1) is 0 Å². The number of hydrogen-bond acceptors (Lipinski definition) is 2. The Balaban J connectivity index is 2.11. The topological polar surface area (TPSA) is 15.3 Å². The van der Waals surface area contributed by atoms with Crippen LogP contribution in [-0.2, 0) is 0 Å². The first kappa shape index (κ1) is 11.9. The van der Waals surface area contributed by atoms with Crippen molar-refractivity contribution in [3.05, 3.63) is 34.9 Å². The third-order valence-electron chi connectivity index (χ3n) is 3.23. The Morgan fingerprint density at radius 3 is 2.44 bits per heavy atom. The first-order valence-electron chi connectivity index (χ1n) is 6.01. The van der Waals surface area contributed by atoms with E-state index in [0.29, 0.717) is 6.04 Å². The van der Waals surface area contributed by atoms with Gasteiger partial charge in [-0.3, -0.25) is 4.90 Å². The summed E-state index contributed by atoms with van der Waals surface area (Å²) >= 11 is 5.92. The highest BCUT2D eigenvalue weighted by atomic mass is 35.5. The summed E-state index contributed by atoms with van der Waals surface area (Å²) < 4.78 is 0. The van der Waals surface area contributed by atoms with Gasteiger partial charge in [-0.1, -0.05) is 30.7 Å². The number of piperazine rings is 1. The molecule has 16 heavy (non-hydrogen) atoms. The first-order chi connectivity index (χ1) is 7.81. The van der Waals surface area contributed by atoms with Crippen molar-refractivity contribution < 1.29 is 0 Å². The zero-order valence-corrected chi connectivity index (χ0v) is 10.5. The second kappa shape index (κ2) is 5.67. The lowest BCUT2D eigenvalue weighted by molar-refractivity contribution is 0.169.